The Morgan fingerprint density at radius 2 is 2.06 bits per heavy atom. The highest BCUT2D eigenvalue weighted by Crippen LogP contribution is 2.24. The van der Waals surface area contributed by atoms with Crippen LogP contribution in [0.3, 0.4) is 0 Å². The average molecular weight is 236 g/mol. The second-order valence-electron chi connectivity index (χ2n) is 4.59. The van der Waals surface area contributed by atoms with E-state index >= 15 is 0 Å². The zero-order valence-electron chi connectivity index (χ0n) is 11.6. The van der Waals surface area contributed by atoms with Gasteiger partial charge < -0.3 is 15.0 Å². The van der Waals surface area contributed by atoms with Crippen LogP contribution in [-0.2, 0) is 6.54 Å². The number of benzene rings is 1. The molecule has 17 heavy (non-hydrogen) atoms. The molecule has 0 heterocycles. The van der Waals surface area contributed by atoms with Crippen molar-refractivity contribution < 1.29 is 4.74 Å². The summed E-state index contributed by atoms with van der Waals surface area (Å²) < 4.78 is 5.39. The highest BCUT2D eigenvalue weighted by molar-refractivity contribution is 5.38. The van der Waals surface area contributed by atoms with E-state index in [2.05, 4.69) is 56.4 Å². The molecule has 1 unspecified atom stereocenters. The summed E-state index contributed by atoms with van der Waals surface area (Å²) >= 11 is 0. The Labute approximate surface area is 105 Å². The van der Waals surface area contributed by atoms with Gasteiger partial charge in [-0.05, 0) is 45.3 Å². The third-order valence-electron chi connectivity index (χ3n) is 2.80. The molecule has 0 amide bonds. The van der Waals surface area contributed by atoms with Gasteiger partial charge in [-0.25, -0.2) is 0 Å². The lowest BCUT2D eigenvalue weighted by atomic mass is 10.0. The van der Waals surface area contributed by atoms with Gasteiger partial charge in [0.2, 0.25) is 0 Å². The average Bonchev–Trinajstić information content (AvgIpc) is 2.28. The second kappa shape index (κ2) is 6.62. The molecule has 0 aromatic heterocycles. The molecule has 96 valence electrons. The predicted molar refractivity (Wildman–Crippen MR) is 72.5 cm³/mol. The van der Waals surface area contributed by atoms with Gasteiger partial charge in [-0.2, -0.15) is 0 Å². The Morgan fingerprint density at radius 1 is 1.35 bits per heavy atom. The maximum atomic E-state index is 5.39. The molecule has 1 rings (SSSR count). The van der Waals surface area contributed by atoms with Crippen molar-refractivity contribution in [1.82, 2.24) is 10.2 Å². The molecule has 0 saturated heterocycles. The van der Waals surface area contributed by atoms with Crippen LogP contribution in [0, 0.1) is 0 Å². The fourth-order valence-corrected chi connectivity index (χ4v) is 1.96. The van der Waals surface area contributed by atoms with Gasteiger partial charge >= 0.3 is 0 Å². The number of ether oxygens (including phenoxy) is 1. The van der Waals surface area contributed by atoms with Gasteiger partial charge in [0.05, 0.1) is 7.11 Å². The lowest BCUT2D eigenvalue weighted by molar-refractivity contribution is 0.371. The van der Waals surface area contributed by atoms with Crippen molar-refractivity contribution in [2.24, 2.45) is 0 Å². The number of methoxy groups -OCH3 is 1. The minimum atomic E-state index is 0.381. The van der Waals surface area contributed by atoms with E-state index in [-0.39, 0.29) is 0 Å². The summed E-state index contributed by atoms with van der Waals surface area (Å²) in [7, 11) is 5.86. The Hall–Kier alpha value is -1.06. The lowest BCUT2D eigenvalue weighted by Crippen LogP contribution is -2.18. The summed E-state index contributed by atoms with van der Waals surface area (Å²) in [5.74, 6) is 0.964. The van der Waals surface area contributed by atoms with Gasteiger partial charge in [-0.1, -0.05) is 13.0 Å². The van der Waals surface area contributed by atoms with Crippen LogP contribution in [0.2, 0.25) is 0 Å². The Kier molecular flexibility index (Phi) is 5.45. The van der Waals surface area contributed by atoms with Gasteiger partial charge in [0.15, 0.2) is 0 Å². The van der Waals surface area contributed by atoms with Gasteiger partial charge in [-0.3, -0.25) is 0 Å². The molecule has 0 saturated carbocycles. The Bertz CT molecular complexity index is 350. The standard InChI is InChI=1S/C14H24N2O/c1-6-15-11(2)12-7-8-14(17-5)13(9-12)10-16(3)4/h7-9,11,15H,6,10H2,1-5H3. The first-order chi connectivity index (χ1) is 8.08. The maximum Gasteiger partial charge on any atom is 0.123 e. The summed E-state index contributed by atoms with van der Waals surface area (Å²) in [5, 5.41) is 3.43. The zero-order valence-corrected chi connectivity index (χ0v) is 11.6. The quantitative estimate of drug-likeness (QED) is 0.821. The smallest absolute Gasteiger partial charge is 0.123 e. The molecule has 0 aliphatic rings. The van der Waals surface area contributed by atoms with Gasteiger partial charge in [0.25, 0.3) is 0 Å². The van der Waals surface area contributed by atoms with Crippen molar-refractivity contribution >= 4 is 0 Å². The third kappa shape index (κ3) is 4.02. The molecule has 0 spiro atoms. The molecule has 3 nitrogen and oxygen atoms in total. The normalized spacial score (nSPS) is 12.8. The van der Waals surface area contributed by atoms with Crippen LogP contribution in [0.5, 0.6) is 5.75 Å². The number of hydrogen-bond donors (Lipinski definition) is 1. The monoisotopic (exact) mass is 236 g/mol. The van der Waals surface area contributed by atoms with Crippen LogP contribution < -0.4 is 10.1 Å². The highest BCUT2D eigenvalue weighted by Gasteiger charge is 2.09. The summed E-state index contributed by atoms with van der Waals surface area (Å²) in [6.45, 7) is 6.19. The lowest BCUT2D eigenvalue weighted by Gasteiger charge is -2.18. The minimum absolute atomic E-state index is 0.381. The molecular formula is C14H24N2O. The number of nitrogens with zero attached hydrogens (tertiary/aromatic N) is 1. The van der Waals surface area contributed by atoms with Crippen molar-refractivity contribution in [3.63, 3.8) is 0 Å². The second-order valence-corrected chi connectivity index (χ2v) is 4.59. The fraction of sp³-hybridized carbons (Fsp3) is 0.571. The van der Waals surface area contributed by atoms with E-state index in [1.54, 1.807) is 7.11 Å². The van der Waals surface area contributed by atoms with E-state index in [1.807, 2.05) is 0 Å². The number of hydrogen-bond acceptors (Lipinski definition) is 3. The first-order valence-corrected chi connectivity index (χ1v) is 6.13. The van der Waals surface area contributed by atoms with E-state index in [0.29, 0.717) is 6.04 Å². The van der Waals surface area contributed by atoms with E-state index < -0.39 is 0 Å². The molecule has 0 bridgehead atoms. The van der Waals surface area contributed by atoms with Crippen molar-refractivity contribution in [3.8, 4) is 5.75 Å². The minimum Gasteiger partial charge on any atom is -0.496 e. The molecular weight excluding hydrogens is 212 g/mol. The van der Waals surface area contributed by atoms with Crippen LogP contribution >= 0.6 is 0 Å². The van der Waals surface area contributed by atoms with E-state index in [9.17, 15) is 0 Å². The van der Waals surface area contributed by atoms with E-state index in [0.717, 1.165) is 18.8 Å². The van der Waals surface area contributed by atoms with E-state index in [4.69, 9.17) is 4.74 Å². The molecule has 0 radical (unpaired) electrons. The van der Waals surface area contributed by atoms with Crippen molar-refractivity contribution in [2.45, 2.75) is 26.4 Å². The molecule has 3 heteroatoms. The van der Waals surface area contributed by atoms with Gasteiger partial charge in [0.1, 0.15) is 5.75 Å². The molecule has 1 aromatic rings. The van der Waals surface area contributed by atoms with Crippen LogP contribution in [-0.4, -0.2) is 32.6 Å². The van der Waals surface area contributed by atoms with Crippen LogP contribution in [0.1, 0.15) is 31.0 Å². The first kappa shape index (κ1) is 14.0. The summed E-state index contributed by atoms with van der Waals surface area (Å²) in [6.07, 6.45) is 0. The largest absolute Gasteiger partial charge is 0.496 e. The van der Waals surface area contributed by atoms with Gasteiger partial charge in [0, 0.05) is 18.2 Å². The Balaban J connectivity index is 2.95. The summed E-state index contributed by atoms with van der Waals surface area (Å²) in [4.78, 5) is 2.15. The Morgan fingerprint density at radius 3 is 2.59 bits per heavy atom. The van der Waals surface area contributed by atoms with Crippen molar-refractivity contribution in [1.29, 1.82) is 0 Å². The first-order valence-electron chi connectivity index (χ1n) is 6.13. The van der Waals surface area contributed by atoms with E-state index in [1.165, 1.54) is 11.1 Å². The van der Waals surface area contributed by atoms with Crippen molar-refractivity contribution in [3.05, 3.63) is 29.3 Å². The summed E-state index contributed by atoms with van der Waals surface area (Å²) in [6, 6.07) is 6.80. The molecule has 1 atom stereocenters. The van der Waals surface area contributed by atoms with Crippen molar-refractivity contribution in [2.75, 3.05) is 27.7 Å². The van der Waals surface area contributed by atoms with Crippen LogP contribution in [0.25, 0.3) is 0 Å². The maximum absolute atomic E-state index is 5.39. The predicted octanol–water partition coefficient (Wildman–Crippen LogP) is 2.43. The molecule has 0 aliphatic carbocycles. The SMILES string of the molecule is CCNC(C)c1ccc(OC)c(CN(C)C)c1. The molecule has 0 fully saturated rings. The zero-order chi connectivity index (χ0) is 12.8. The van der Waals surface area contributed by atoms with Gasteiger partial charge in [-0.15, -0.1) is 0 Å². The topological polar surface area (TPSA) is 24.5 Å². The molecule has 1 N–H and O–H groups in total. The number of nitrogens with one attached hydrogen (secondary N) is 1. The molecule has 0 aliphatic heterocycles. The van der Waals surface area contributed by atoms with Crippen LogP contribution in [0.15, 0.2) is 18.2 Å². The highest BCUT2D eigenvalue weighted by atomic mass is 16.5. The summed E-state index contributed by atoms with van der Waals surface area (Å²) in [5.41, 5.74) is 2.55. The number of rotatable bonds is 6. The molecule has 1 aromatic carbocycles. The third-order valence-corrected chi connectivity index (χ3v) is 2.80. The van der Waals surface area contributed by atoms with Crippen LogP contribution in [0.4, 0.5) is 0 Å². The fourth-order valence-electron chi connectivity index (χ4n) is 1.96.